The molecule has 1 aromatic carbocycles. The highest BCUT2D eigenvalue weighted by molar-refractivity contribution is 14.0. The molecule has 2 atom stereocenters. The van der Waals surface area contributed by atoms with Crippen molar-refractivity contribution in [1.29, 1.82) is 0 Å². The van der Waals surface area contributed by atoms with Gasteiger partial charge >= 0.3 is 0 Å². The normalized spacial score (nSPS) is 23.0. The van der Waals surface area contributed by atoms with Gasteiger partial charge in [0, 0.05) is 32.8 Å². The lowest BCUT2D eigenvalue weighted by Crippen LogP contribution is -2.53. The fraction of sp³-hybridized carbons (Fsp3) is 0.650. The van der Waals surface area contributed by atoms with Gasteiger partial charge in [-0.25, -0.2) is 0 Å². The number of nitrogens with one attached hydrogen (secondary N) is 1. The zero-order valence-corrected chi connectivity index (χ0v) is 18.7. The molecule has 2 aliphatic heterocycles. The number of rotatable bonds is 6. The van der Waals surface area contributed by atoms with Gasteiger partial charge in [0.15, 0.2) is 5.96 Å². The molecule has 0 amide bonds. The smallest absolute Gasteiger partial charge is 0.194 e. The molecule has 152 valence electrons. The highest BCUT2D eigenvalue weighted by Crippen LogP contribution is 2.21. The highest BCUT2D eigenvalue weighted by atomic mass is 127. The van der Waals surface area contributed by atoms with Crippen LogP contribution in [-0.2, 0) is 15.9 Å². The first kappa shape index (κ1) is 22.2. The van der Waals surface area contributed by atoms with Gasteiger partial charge in [-0.1, -0.05) is 12.1 Å². The molecule has 27 heavy (non-hydrogen) atoms. The fourth-order valence-corrected chi connectivity index (χ4v) is 3.53. The Balaban J connectivity index is 0.00000261. The van der Waals surface area contributed by atoms with Crippen LogP contribution in [0.1, 0.15) is 25.3 Å². The molecule has 0 aliphatic carbocycles. The Morgan fingerprint density at radius 3 is 2.89 bits per heavy atom. The fourth-order valence-electron chi connectivity index (χ4n) is 3.53. The molecule has 2 heterocycles. The standard InChI is InChI=1S/C20H31N3O3.HI/c1-3-21-20(22-10-9-16-6-4-7-17(14-16)24-2)23-11-13-26-19(15-23)18-8-5-12-25-18;/h4,6-7,14,18-19H,3,5,8-13,15H2,1-2H3,(H,21,22);1H. The van der Waals surface area contributed by atoms with E-state index in [4.69, 9.17) is 19.2 Å². The van der Waals surface area contributed by atoms with Crippen molar-refractivity contribution < 1.29 is 14.2 Å². The van der Waals surface area contributed by atoms with Crippen molar-refractivity contribution in [2.45, 2.75) is 38.4 Å². The van der Waals surface area contributed by atoms with Gasteiger partial charge < -0.3 is 24.4 Å². The Morgan fingerprint density at radius 1 is 1.30 bits per heavy atom. The highest BCUT2D eigenvalue weighted by Gasteiger charge is 2.32. The van der Waals surface area contributed by atoms with E-state index >= 15 is 0 Å². The number of guanidine groups is 1. The van der Waals surface area contributed by atoms with Crippen molar-refractivity contribution in [2.75, 3.05) is 46.5 Å². The van der Waals surface area contributed by atoms with Crippen LogP contribution in [-0.4, -0.2) is 69.6 Å². The third kappa shape index (κ3) is 6.50. The van der Waals surface area contributed by atoms with Crippen LogP contribution in [0.5, 0.6) is 5.75 Å². The average Bonchev–Trinajstić information content (AvgIpc) is 3.22. The summed E-state index contributed by atoms with van der Waals surface area (Å²) in [5, 5.41) is 3.43. The second kappa shape index (κ2) is 11.7. The molecule has 1 aromatic rings. The van der Waals surface area contributed by atoms with Crippen LogP contribution in [0, 0.1) is 0 Å². The monoisotopic (exact) mass is 489 g/mol. The van der Waals surface area contributed by atoms with E-state index in [-0.39, 0.29) is 36.2 Å². The molecule has 2 fully saturated rings. The summed E-state index contributed by atoms with van der Waals surface area (Å²) in [5.41, 5.74) is 1.24. The second-order valence-corrected chi connectivity index (χ2v) is 6.74. The molecule has 2 saturated heterocycles. The van der Waals surface area contributed by atoms with Crippen LogP contribution in [0.4, 0.5) is 0 Å². The van der Waals surface area contributed by atoms with Crippen LogP contribution < -0.4 is 10.1 Å². The van der Waals surface area contributed by atoms with Gasteiger partial charge in [-0.3, -0.25) is 4.99 Å². The summed E-state index contributed by atoms with van der Waals surface area (Å²) in [6.45, 7) is 7.01. The van der Waals surface area contributed by atoms with Crippen molar-refractivity contribution >= 4 is 29.9 Å². The van der Waals surface area contributed by atoms with Crippen LogP contribution >= 0.6 is 24.0 Å². The van der Waals surface area contributed by atoms with Gasteiger partial charge in [0.2, 0.25) is 0 Å². The number of methoxy groups -OCH3 is 1. The summed E-state index contributed by atoms with van der Waals surface area (Å²) >= 11 is 0. The number of halogens is 1. The topological polar surface area (TPSA) is 55.3 Å². The Kier molecular flexibility index (Phi) is 9.64. The summed E-state index contributed by atoms with van der Waals surface area (Å²) in [7, 11) is 1.70. The third-order valence-electron chi connectivity index (χ3n) is 4.90. The van der Waals surface area contributed by atoms with E-state index in [9.17, 15) is 0 Å². The van der Waals surface area contributed by atoms with Crippen molar-refractivity contribution in [1.82, 2.24) is 10.2 Å². The minimum Gasteiger partial charge on any atom is -0.497 e. The quantitative estimate of drug-likeness (QED) is 0.379. The first-order valence-corrected chi connectivity index (χ1v) is 9.69. The van der Waals surface area contributed by atoms with Crippen LogP contribution in [0.15, 0.2) is 29.3 Å². The summed E-state index contributed by atoms with van der Waals surface area (Å²) in [4.78, 5) is 7.15. The van der Waals surface area contributed by atoms with E-state index in [0.717, 1.165) is 70.4 Å². The lowest BCUT2D eigenvalue weighted by Gasteiger charge is -2.37. The lowest BCUT2D eigenvalue weighted by molar-refractivity contribution is -0.0817. The van der Waals surface area contributed by atoms with E-state index in [2.05, 4.69) is 29.3 Å². The second-order valence-electron chi connectivity index (χ2n) is 6.74. The molecule has 0 aromatic heterocycles. The van der Waals surface area contributed by atoms with E-state index in [1.54, 1.807) is 7.11 Å². The molecule has 0 radical (unpaired) electrons. The number of hydrogen-bond donors (Lipinski definition) is 1. The van der Waals surface area contributed by atoms with Crippen LogP contribution in [0.25, 0.3) is 0 Å². The molecule has 1 N–H and O–H groups in total. The Hall–Kier alpha value is -1.06. The molecule has 2 unspecified atom stereocenters. The van der Waals surface area contributed by atoms with Gasteiger partial charge in [0.1, 0.15) is 11.9 Å². The van der Waals surface area contributed by atoms with Gasteiger partial charge in [-0.05, 0) is 43.9 Å². The van der Waals surface area contributed by atoms with Gasteiger partial charge in [0.25, 0.3) is 0 Å². The molecule has 3 rings (SSSR count). The molecular weight excluding hydrogens is 457 g/mol. The number of hydrogen-bond acceptors (Lipinski definition) is 4. The number of benzene rings is 1. The zero-order chi connectivity index (χ0) is 18.2. The first-order valence-electron chi connectivity index (χ1n) is 9.69. The summed E-state index contributed by atoms with van der Waals surface area (Å²) < 4.78 is 17.1. The SMILES string of the molecule is CCNC(=NCCc1cccc(OC)c1)N1CCOC(C2CCCO2)C1.I. The van der Waals surface area contributed by atoms with Crippen molar-refractivity contribution in [3.63, 3.8) is 0 Å². The Bertz CT molecular complexity index is 594. The Morgan fingerprint density at radius 2 is 2.15 bits per heavy atom. The first-order chi connectivity index (χ1) is 12.8. The predicted octanol–water partition coefficient (Wildman–Crippen LogP) is 2.70. The minimum absolute atomic E-state index is 0. The van der Waals surface area contributed by atoms with Crippen molar-refractivity contribution in [3.05, 3.63) is 29.8 Å². The molecule has 6 nitrogen and oxygen atoms in total. The van der Waals surface area contributed by atoms with Crippen LogP contribution in [0.2, 0.25) is 0 Å². The maximum Gasteiger partial charge on any atom is 0.194 e. The summed E-state index contributed by atoms with van der Waals surface area (Å²) in [5.74, 6) is 1.87. The molecular formula is C20H32IN3O3. The Labute approximate surface area is 179 Å². The van der Waals surface area contributed by atoms with E-state index in [1.807, 2.05) is 12.1 Å². The van der Waals surface area contributed by atoms with E-state index < -0.39 is 0 Å². The average molecular weight is 489 g/mol. The summed E-state index contributed by atoms with van der Waals surface area (Å²) in [6.07, 6.45) is 3.51. The van der Waals surface area contributed by atoms with Crippen molar-refractivity contribution in [3.8, 4) is 5.75 Å². The maximum absolute atomic E-state index is 5.96. The molecule has 0 saturated carbocycles. The molecule has 0 spiro atoms. The van der Waals surface area contributed by atoms with Gasteiger partial charge in [-0.2, -0.15) is 0 Å². The predicted molar refractivity (Wildman–Crippen MR) is 118 cm³/mol. The number of aliphatic imine (C=N–C) groups is 1. The van der Waals surface area contributed by atoms with Gasteiger partial charge in [-0.15, -0.1) is 24.0 Å². The van der Waals surface area contributed by atoms with Crippen molar-refractivity contribution in [2.24, 2.45) is 4.99 Å². The molecule has 0 bridgehead atoms. The van der Waals surface area contributed by atoms with Crippen LogP contribution in [0.3, 0.4) is 0 Å². The van der Waals surface area contributed by atoms with Gasteiger partial charge in [0.05, 0.1) is 19.8 Å². The molecule has 2 aliphatic rings. The summed E-state index contributed by atoms with van der Waals surface area (Å²) in [6, 6.07) is 8.19. The zero-order valence-electron chi connectivity index (χ0n) is 16.4. The largest absolute Gasteiger partial charge is 0.497 e. The lowest BCUT2D eigenvalue weighted by atomic mass is 10.1. The van der Waals surface area contributed by atoms with E-state index in [0.29, 0.717) is 0 Å². The number of nitrogens with zero attached hydrogens (tertiary/aromatic N) is 2. The minimum atomic E-state index is 0. The number of morpholine rings is 1. The molecule has 7 heteroatoms. The maximum atomic E-state index is 5.96. The van der Waals surface area contributed by atoms with E-state index in [1.165, 1.54) is 5.56 Å². The number of ether oxygens (including phenoxy) is 3. The third-order valence-corrected chi connectivity index (χ3v) is 4.90.